The number of hydrogen-bond donors (Lipinski definition) is 1. The third kappa shape index (κ3) is 3.27. The van der Waals surface area contributed by atoms with Gasteiger partial charge in [-0.2, -0.15) is 0 Å². The van der Waals surface area contributed by atoms with Gasteiger partial charge in [-0.1, -0.05) is 0 Å². The molecule has 1 heterocycles. The first-order chi connectivity index (χ1) is 9.90. The molecular weight excluding hydrogens is 279 g/mol. The minimum atomic E-state index is -0.841. The second-order valence-electron chi connectivity index (χ2n) is 5.09. The van der Waals surface area contributed by atoms with Crippen LogP contribution in [0.5, 0.6) is 0 Å². The number of amides is 1. The number of anilines is 1. The van der Waals surface area contributed by atoms with Gasteiger partial charge in [-0.05, 0) is 26.1 Å². The summed E-state index contributed by atoms with van der Waals surface area (Å²) in [6.45, 7) is 2.57. The van der Waals surface area contributed by atoms with Crippen LogP contribution < -0.4 is 5.73 Å². The normalized spacial score (nSPS) is 16.6. The molecule has 2 N–H and O–H groups in total. The third-order valence-corrected chi connectivity index (χ3v) is 3.56. The lowest BCUT2D eigenvalue weighted by Gasteiger charge is -2.21. The van der Waals surface area contributed by atoms with Gasteiger partial charge >= 0.3 is 0 Å². The summed E-state index contributed by atoms with van der Waals surface area (Å²) in [6, 6.07) is 1.68. The fraction of sp³-hybridized carbons (Fsp3) is 0.462. The van der Waals surface area contributed by atoms with E-state index in [0.717, 1.165) is 25.1 Å². The number of nitrogen functional groups attached to an aromatic ring is 1. The molecular formula is C13H17FN4O3. The number of rotatable bonds is 2. The van der Waals surface area contributed by atoms with E-state index in [1.165, 1.54) is 0 Å². The lowest BCUT2D eigenvalue weighted by atomic mass is 10.1. The molecule has 8 heteroatoms. The van der Waals surface area contributed by atoms with Crippen LogP contribution in [0.25, 0.3) is 0 Å². The summed E-state index contributed by atoms with van der Waals surface area (Å²) >= 11 is 0. The van der Waals surface area contributed by atoms with Crippen molar-refractivity contribution in [1.29, 1.82) is 0 Å². The topological polar surface area (TPSA) is 92.7 Å². The molecule has 1 aromatic carbocycles. The summed E-state index contributed by atoms with van der Waals surface area (Å²) in [5.41, 5.74) is 4.65. The second kappa shape index (κ2) is 6.04. The number of benzene rings is 1. The maximum absolute atomic E-state index is 13.5. The van der Waals surface area contributed by atoms with Crippen molar-refractivity contribution in [3.63, 3.8) is 0 Å². The molecule has 2 rings (SSSR count). The van der Waals surface area contributed by atoms with Crippen molar-refractivity contribution in [1.82, 2.24) is 9.80 Å². The van der Waals surface area contributed by atoms with E-state index in [4.69, 9.17) is 5.73 Å². The summed E-state index contributed by atoms with van der Waals surface area (Å²) in [7, 11) is 1.95. The molecule has 1 aromatic rings. The van der Waals surface area contributed by atoms with Crippen LogP contribution in [-0.4, -0.2) is 53.9 Å². The highest BCUT2D eigenvalue weighted by atomic mass is 19.1. The molecule has 1 aliphatic heterocycles. The maximum Gasteiger partial charge on any atom is 0.295 e. The number of likely N-dealkylation sites (N-methyl/N-ethyl adjacent to an activating group) is 1. The minimum Gasteiger partial charge on any atom is -0.393 e. The zero-order valence-electron chi connectivity index (χ0n) is 11.7. The van der Waals surface area contributed by atoms with Crippen LogP contribution in [-0.2, 0) is 0 Å². The Kier molecular flexibility index (Phi) is 4.37. The highest BCUT2D eigenvalue weighted by Crippen LogP contribution is 2.28. The Morgan fingerprint density at radius 2 is 2.05 bits per heavy atom. The number of nitro groups is 1. The molecule has 0 aromatic heterocycles. The largest absolute Gasteiger partial charge is 0.393 e. The molecule has 21 heavy (non-hydrogen) atoms. The van der Waals surface area contributed by atoms with Gasteiger partial charge in [0.25, 0.3) is 11.6 Å². The van der Waals surface area contributed by atoms with Crippen molar-refractivity contribution in [2.24, 2.45) is 0 Å². The van der Waals surface area contributed by atoms with Crippen LogP contribution in [0.15, 0.2) is 12.1 Å². The van der Waals surface area contributed by atoms with Crippen molar-refractivity contribution < 1.29 is 14.1 Å². The predicted molar refractivity (Wildman–Crippen MR) is 75.5 cm³/mol. The third-order valence-electron chi connectivity index (χ3n) is 3.56. The molecule has 0 radical (unpaired) electrons. The van der Waals surface area contributed by atoms with E-state index in [-0.39, 0.29) is 11.3 Å². The number of halogens is 1. The van der Waals surface area contributed by atoms with E-state index in [0.29, 0.717) is 19.6 Å². The molecule has 0 saturated carbocycles. The van der Waals surface area contributed by atoms with Crippen LogP contribution in [0.3, 0.4) is 0 Å². The monoisotopic (exact) mass is 296 g/mol. The van der Waals surface area contributed by atoms with Crippen LogP contribution in [0.2, 0.25) is 0 Å². The predicted octanol–water partition coefficient (Wildman–Crippen LogP) is 1.09. The average molecular weight is 296 g/mol. The highest BCUT2D eigenvalue weighted by Gasteiger charge is 2.26. The SMILES string of the molecule is CN1CCCN(C(=O)c2cc(F)cc([N+](=O)[O-])c2N)CC1. The van der Waals surface area contributed by atoms with Gasteiger partial charge < -0.3 is 15.5 Å². The van der Waals surface area contributed by atoms with Gasteiger partial charge in [-0.25, -0.2) is 4.39 Å². The zero-order valence-corrected chi connectivity index (χ0v) is 11.7. The molecule has 7 nitrogen and oxygen atoms in total. The van der Waals surface area contributed by atoms with Gasteiger partial charge in [0, 0.05) is 19.6 Å². The summed E-state index contributed by atoms with van der Waals surface area (Å²) < 4.78 is 13.5. The lowest BCUT2D eigenvalue weighted by Crippen LogP contribution is -2.35. The number of nitrogens with two attached hydrogens (primary N) is 1. The van der Waals surface area contributed by atoms with Gasteiger partial charge in [0.1, 0.15) is 11.5 Å². The summed E-state index contributed by atoms with van der Waals surface area (Å²) in [6.07, 6.45) is 0.791. The minimum absolute atomic E-state index is 0.147. The fourth-order valence-electron chi connectivity index (χ4n) is 2.35. The molecule has 114 valence electrons. The first kappa shape index (κ1) is 15.2. The first-order valence-electron chi connectivity index (χ1n) is 6.61. The Balaban J connectivity index is 2.32. The lowest BCUT2D eigenvalue weighted by molar-refractivity contribution is -0.384. The Hall–Kier alpha value is -2.22. The summed E-state index contributed by atoms with van der Waals surface area (Å²) in [5.74, 6) is -1.31. The van der Waals surface area contributed by atoms with Gasteiger partial charge in [-0.15, -0.1) is 0 Å². The molecule has 0 aliphatic carbocycles. The second-order valence-corrected chi connectivity index (χ2v) is 5.09. The van der Waals surface area contributed by atoms with Crippen LogP contribution in [0.4, 0.5) is 15.8 Å². The molecule has 0 unspecified atom stereocenters. The zero-order chi connectivity index (χ0) is 15.6. The number of carbonyl (C=O) groups excluding carboxylic acids is 1. The Morgan fingerprint density at radius 1 is 1.33 bits per heavy atom. The molecule has 0 spiro atoms. The fourth-order valence-corrected chi connectivity index (χ4v) is 2.35. The van der Waals surface area contributed by atoms with Crippen LogP contribution in [0, 0.1) is 15.9 Å². The van der Waals surface area contributed by atoms with Gasteiger partial charge in [0.05, 0.1) is 16.6 Å². The Bertz CT molecular complexity index is 579. The number of nitrogens with zero attached hydrogens (tertiary/aromatic N) is 3. The van der Waals surface area contributed by atoms with Crippen LogP contribution in [0.1, 0.15) is 16.8 Å². The molecule has 1 fully saturated rings. The van der Waals surface area contributed by atoms with Crippen molar-refractivity contribution in [3.05, 3.63) is 33.6 Å². The van der Waals surface area contributed by atoms with E-state index in [2.05, 4.69) is 4.90 Å². The Morgan fingerprint density at radius 3 is 2.71 bits per heavy atom. The van der Waals surface area contributed by atoms with Gasteiger partial charge in [0.15, 0.2) is 0 Å². The summed E-state index contributed by atoms with van der Waals surface area (Å²) in [5, 5.41) is 10.9. The summed E-state index contributed by atoms with van der Waals surface area (Å²) in [4.78, 5) is 26.2. The number of hydrogen-bond acceptors (Lipinski definition) is 5. The van der Waals surface area contributed by atoms with Gasteiger partial charge in [-0.3, -0.25) is 14.9 Å². The van der Waals surface area contributed by atoms with Crippen LogP contribution >= 0.6 is 0 Å². The van der Waals surface area contributed by atoms with E-state index < -0.39 is 22.3 Å². The smallest absolute Gasteiger partial charge is 0.295 e. The van der Waals surface area contributed by atoms with Crippen molar-refractivity contribution in [2.75, 3.05) is 39.0 Å². The standard InChI is InChI=1S/C13H17FN4O3/c1-16-3-2-4-17(6-5-16)13(19)10-7-9(14)8-11(12(10)15)18(20)21/h7-8H,2-6,15H2,1H3. The molecule has 0 bridgehead atoms. The first-order valence-corrected chi connectivity index (χ1v) is 6.61. The quantitative estimate of drug-likeness (QED) is 0.501. The number of nitro benzene ring substituents is 1. The van der Waals surface area contributed by atoms with E-state index in [1.807, 2.05) is 7.05 Å². The average Bonchev–Trinajstić information content (AvgIpc) is 2.64. The molecule has 1 amide bonds. The Labute approximate surface area is 121 Å². The number of carbonyl (C=O) groups is 1. The van der Waals surface area contributed by atoms with E-state index in [1.54, 1.807) is 4.90 Å². The molecule has 1 saturated heterocycles. The maximum atomic E-state index is 13.5. The van der Waals surface area contributed by atoms with Gasteiger partial charge in [0.2, 0.25) is 0 Å². The van der Waals surface area contributed by atoms with E-state index >= 15 is 0 Å². The van der Waals surface area contributed by atoms with Crippen molar-refractivity contribution >= 4 is 17.3 Å². The molecule has 0 atom stereocenters. The van der Waals surface area contributed by atoms with Crippen molar-refractivity contribution in [2.45, 2.75) is 6.42 Å². The molecule has 1 aliphatic rings. The highest BCUT2D eigenvalue weighted by molar-refractivity contribution is 6.01. The van der Waals surface area contributed by atoms with Crippen molar-refractivity contribution in [3.8, 4) is 0 Å². The van der Waals surface area contributed by atoms with E-state index in [9.17, 15) is 19.3 Å².